The molecule has 0 atom stereocenters. The monoisotopic (exact) mass is 412 g/mol. The number of aryl methyl sites for hydroxylation is 1. The van der Waals surface area contributed by atoms with Crippen molar-refractivity contribution in [1.82, 2.24) is 20.0 Å². The lowest BCUT2D eigenvalue weighted by molar-refractivity contribution is 0.267. The number of hydrogen-bond donors (Lipinski definition) is 0. The van der Waals surface area contributed by atoms with E-state index in [0.717, 1.165) is 59.3 Å². The Balaban J connectivity index is 1.14. The van der Waals surface area contributed by atoms with Crippen LogP contribution in [0.1, 0.15) is 43.4 Å². The number of rotatable bonds is 11. The molecule has 0 radical (unpaired) electrons. The highest BCUT2D eigenvalue weighted by molar-refractivity contribution is 5.89. The van der Waals surface area contributed by atoms with Crippen molar-refractivity contribution in [2.45, 2.75) is 38.5 Å². The van der Waals surface area contributed by atoms with Gasteiger partial charge in [-0.25, -0.2) is 4.68 Å². The van der Waals surface area contributed by atoms with E-state index in [4.69, 9.17) is 4.74 Å². The summed E-state index contributed by atoms with van der Waals surface area (Å²) in [5.74, 6) is 0.722. The largest absolute Gasteiger partial charge is 0.494 e. The lowest BCUT2D eigenvalue weighted by Crippen LogP contribution is -2.02. The van der Waals surface area contributed by atoms with Crippen LogP contribution in [-0.4, -0.2) is 26.6 Å². The number of aromatic nitrogens is 4. The van der Waals surface area contributed by atoms with Gasteiger partial charge in [0.25, 0.3) is 0 Å². The summed E-state index contributed by atoms with van der Waals surface area (Å²) in [5.41, 5.74) is 4.22. The zero-order valence-electron chi connectivity index (χ0n) is 17.8. The van der Waals surface area contributed by atoms with Crippen LogP contribution in [-0.2, 0) is 11.2 Å². The number of fused-ring (bicyclic) bond motifs is 1. The fourth-order valence-electron chi connectivity index (χ4n) is 3.76. The molecule has 4 rings (SSSR count). The van der Waals surface area contributed by atoms with Crippen molar-refractivity contribution in [2.24, 2.45) is 0 Å². The van der Waals surface area contributed by atoms with Crippen LogP contribution < -0.4 is 0 Å². The third-order valence-corrected chi connectivity index (χ3v) is 5.42. The van der Waals surface area contributed by atoms with Crippen LogP contribution in [0.15, 0.2) is 79.6 Å². The van der Waals surface area contributed by atoms with Gasteiger partial charge < -0.3 is 4.74 Å². The number of hydrogen-bond acceptors (Lipinski definition) is 4. The first-order valence-electron chi connectivity index (χ1n) is 10.9. The fourth-order valence-corrected chi connectivity index (χ4v) is 3.76. The maximum Gasteiger partial charge on any atom is 0.120 e. The Kier molecular flexibility index (Phi) is 7.06. The summed E-state index contributed by atoms with van der Waals surface area (Å²) in [4.78, 5) is 4.40. The van der Waals surface area contributed by atoms with E-state index >= 15 is 0 Å². The summed E-state index contributed by atoms with van der Waals surface area (Å²) in [6.07, 6.45) is 10.4. The Labute approximate surface area is 183 Å². The Bertz CT molecular complexity index is 1120. The average molecular weight is 413 g/mol. The molecule has 5 nitrogen and oxygen atoms in total. The van der Waals surface area contributed by atoms with Gasteiger partial charge in [-0.15, -0.1) is 5.10 Å². The van der Waals surface area contributed by atoms with Crippen LogP contribution in [0.25, 0.3) is 22.3 Å². The third-order valence-electron chi connectivity index (χ3n) is 5.42. The summed E-state index contributed by atoms with van der Waals surface area (Å²) >= 11 is 0. The molecule has 0 fully saturated rings. The molecular formula is C26H28N4O. The van der Waals surface area contributed by atoms with Crippen molar-refractivity contribution in [2.75, 3.05) is 6.61 Å². The molecule has 2 aromatic heterocycles. The molecule has 0 spiro atoms. The van der Waals surface area contributed by atoms with Gasteiger partial charge in [0.05, 0.1) is 29.7 Å². The summed E-state index contributed by atoms with van der Waals surface area (Å²) < 4.78 is 7.86. The summed E-state index contributed by atoms with van der Waals surface area (Å²) in [7, 11) is 0. The van der Waals surface area contributed by atoms with Crippen LogP contribution in [0.2, 0.25) is 0 Å². The minimum Gasteiger partial charge on any atom is -0.494 e. The molecule has 158 valence electrons. The molecule has 0 aliphatic carbocycles. The van der Waals surface area contributed by atoms with Crippen LogP contribution in [0, 0.1) is 0 Å². The number of benzene rings is 2. The Morgan fingerprint density at radius 3 is 2.55 bits per heavy atom. The highest BCUT2D eigenvalue weighted by Gasteiger charge is 2.07. The average Bonchev–Trinajstić information content (AvgIpc) is 3.29. The molecule has 0 bridgehead atoms. The highest BCUT2D eigenvalue weighted by atomic mass is 16.5. The molecule has 2 aromatic carbocycles. The molecule has 0 amide bonds. The van der Waals surface area contributed by atoms with E-state index in [1.807, 2.05) is 59.5 Å². The Morgan fingerprint density at radius 1 is 0.871 bits per heavy atom. The zero-order valence-corrected chi connectivity index (χ0v) is 17.8. The molecule has 31 heavy (non-hydrogen) atoms. The lowest BCUT2D eigenvalue weighted by Gasteiger charge is -2.11. The SMILES string of the molecule is C=C(OCCCCCCCc1cnnn1-c1ccccc1)c1ccnc2ccccc12. The molecule has 0 saturated heterocycles. The predicted molar refractivity (Wildman–Crippen MR) is 125 cm³/mol. The van der Waals surface area contributed by atoms with E-state index < -0.39 is 0 Å². The lowest BCUT2D eigenvalue weighted by atomic mass is 10.1. The minimum atomic E-state index is 0.695. The molecule has 0 aliphatic rings. The molecule has 5 heteroatoms. The first-order valence-corrected chi connectivity index (χ1v) is 10.9. The third kappa shape index (κ3) is 5.37. The quantitative estimate of drug-likeness (QED) is 0.224. The van der Waals surface area contributed by atoms with Gasteiger partial charge in [-0.3, -0.25) is 4.98 Å². The predicted octanol–water partition coefficient (Wildman–Crippen LogP) is 6.00. The van der Waals surface area contributed by atoms with Crippen molar-refractivity contribution in [1.29, 1.82) is 0 Å². The number of nitrogens with zero attached hydrogens (tertiary/aromatic N) is 4. The molecule has 4 aromatic rings. The molecule has 0 N–H and O–H groups in total. The van der Waals surface area contributed by atoms with Gasteiger partial charge in [0, 0.05) is 17.1 Å². The van der Waals surface area contributed by atoms with Gasteiger partial charge in [0.2, 0.25) is 0 Å². The smallest absolute Gasteiger partial charge is 0.120 e. The van der Waals surface area contributed by atoms with Crippen LogP contribution in [0.3, 0.4) is 0 Å². The van der Waals surface area contributed by atoms with E-state index in [1.165, 1.54) is 12.8 Å². The molecule has 0 saturated carbocycles. The van der Waals surface area contributed by atoms with Gasteiger partial charge in [-0.1, -0.05) is 67.5 Å². The molecule has 2 heterocycles. The first-order chi connectivity index (χ1) is 15.3. The van der Waals surface area contributed by atoms with Crippen molar-refractivity contribution < 1.29 is 4.74 Å². The van der Waals surface area contributed by atoms with Gasteiger partial charge in [-0.2, -0.15) is 0 Å². The first kappa shape index (κ1) is 20.8. The van der Waals surface area contributed by atoms with Crippen molar-refractivity contribution >= 4 is 16.7 Å². The second-order valence-electron chi connectivity index (χ2n) is 7.64. The number of para-hydroxylation sites is 2. The minimum absolute atomic E-state index is 0.695. The normalized spacial score (nSPS) is 11.0. The van der Waals surface area contributed by atoms with Gasteiger partial charge >= 0.3 is 0 Å². The fraction of sp³-hybridized carbons (Fsp3) is 0.269. The van der Waals surface area contributed by atoms with E-state index in [0.29, 0.717) is 6.61 Å². The van der Waals surface area contributed by atoms with E-state index in [-0.39, 0.29) is 0 Å². The Hall–Kier alpha value is -3.47. The van der Waals surface area contributed by atoms with Crippen molar-refractivity contribution in [3.05, 3.63) is 90.9 Å². The van der Waals surface area contributed by atoms with Crippen LogP contribution in [0.5, 0.6) is 0 Å². The second kappa shape index (κ2) is 10.5. The second-order valence-corrected chi connectivity index (χ2v) is 7.64. The van der Waals surface area contributed by atoms with E-state index in [1.54, 1.807) is 0 Å². The number of ether oxygens (including phenoxy) is 1. The van der Waals surface area contributed by atoms with E-state index in [9.17, 15) is 0 Å². The Morgan fingerprint density at radius 2 is 1.65 bits per heavy atom. The van der Waals surface area contributed by atoms with Crippen LogP contribution >= 0.6 is 0 Å². The topological polar surface area (TPSA) is 52.8 Å². The summed E-state index contributed by atoms with van der Waals surface area (Å²) in [5, 5.41) is 9.39. The van der Waals surface area contributed by atoms with Gasteiger partial charge in [0.1, 0.15) is 5.76 Å². The van der Waals surface area contributed by atoms with Crippen molar-refractivity contribution in [3.8, 4) is 5.69 Å². The number of unbranched alkanes of at least 4 members (excludes halogenated alkanes) is 4. The van der Waals surface area contributed by atoms with Gasteiger partial charge in [-0.05, 0) is 43.5 Å². The number of pyridine rings is 1. The standard InChI is InChI=1S/C26H28N4O/c1-21(24-17-18-27-26-16-10-9-15-25(24)26)31-19-11-4-2-3-6-14-23-20-28-29-30(23)22-12-7-5-8-13-22/h5,7-10,12-13,15-18,20H,1-4,6,11,14,19H2. The van der Waals surface area contributed by atoms with Crippen molar-refractivity contribution in [3.63, 3.8) is 0 Å². The maximum atomic E-state index is 5.92. The van der Waals surface area contributed by atoms with Crippen LogP contribution in [0.4, 0.5) is 0 Å². The zero-order chi connectivity index (χ0) is 21.3. The van der Waals surface area contributed by atoms with E-state index in [2.05, 4.69) is 40.1 Å². The van der Waals surface area contributed by atoms with Gasteiger partial charge in [0.15, 0.2) is 0 Å². The maximum absolute atomic E-state index is 5.92. The molecule has 0 aliphatic heterocycles. The highest BCUT2D eigenvalue weighted by Crippen LogP contribution is 2.23. The molecular weight excluding hydrogens is 384 g/mol. The summed E-state index contributed by atoms with van der Waals surface area (Å²) in [6.45, 7) is 4.81. The summed E-state index contributed by atoms with van der Waals surface area (Å²) in [6, 6.07) is 20.2. The molecule has 0 unspecified atom stereocenters.